The van der Waals surface area contributed by atoms with Crippen LogP contribution in [0.2, 0.25) is 5.22 Å². The summed E-state index contributed by atoms with van der Waals surface area (Å²) in [5.41, 5.74) is 3.00. The molecule has 2 aromatic heterocycles. The van der Waals surface area contributed by atoms with Crippen LogP contribution in [0.3, 0.4) is 0 Å². The molecule has 102 valence electrons. The third-order valence-corrected chi connectivity index (χ3v) is 3.75. The third kappa shape index (κ3) is 2.55. The Balaban J connectivity index is 1.89. The van der Waals surface area contributed by atoms with Gasteiger partial charge in [0.25, 0.3) is 0 Å². The molecule has 0 spiro atoms. The molecule has 0 aliphatic heterocycles. The molecule has 0 radical (unpaired) electrons. The third-order valence-electron chi connectivity index (χ3n) is 3.44. The summed E-state index contributed by atoms with van der Waals surface area (Å²) < 4.78 is 5.16. The van der Waals surface area contributed by atoms with Crippen molar-refractivity contribution in [2.24, 2.45) is 0 Å². The van der Waals surface area contributed by atoms with Gasteiger partial charge in [0.05, 0.1) is 11.8 Å². The van der Waals surface area contributed by atoms with Crippen LogP contribution in [0.25, 0.3) is 10.9 Å². The lowest BCUT2D eigenvalue weighted by Gasteiger charge is -2.14. The van der Waals surface area contributed by atoms with Crippen molar-refractivity contribution in [3.05, 3.63) is 65.2 Å². The van der Waals surface area contributed by atoms with Gasteiger partial charge < -0.3 is 9.73 Å². The van der Waals surface area contributed by atoms with Crippen molar-refractivity contribution in [1.82, 2.24) is 10.3 Å². The van der Waals surface area contributed by atoms with E-state index in [4.69, 9.17) is 16.0 Å². The SMILES string of the molecule is CNC(Cc1ccc2ccccc2n1)c1ccoc1Cl. The minimum absolute atomic E-state index is 0.0925. The summed E-state index contributed by atoms with van der Waals surface area (Å²) >= 11 is 6.05. The fraction of sp³-hybridized carbons (Fsp3) is 0.188. The van der Waals surface area contributed by atoms with Crippen LogP contribution in [-0.4, -0.2) is 12.0 Å². The summed E-state index contributed by atoms with van der Waals surface area (Å²) in [7, 11) is 1.91. The first-order valence-corrected chi connectivity index (χ1v) is 6.90. The zero-order valence-electron chi connectivity index (χ0n) is 11.1. The van der Waals surface area contributed by atoms with Crippen LogP contribution in [0, 0.1) is 0 Å². The van der Waals surface area contributed by atoms with Gasteiger partial charge in [0.1, 0.15) is 0 Å². The molecule has 1 aromatic carbocycles. The monoisotopic (exact) mass is 286 g/mol. The summed E-state index contributed by atoms with van der Waals surface area (Å²) in [6.07, 6.45) is 2.37. The molecule has 20 heavy (non-hydrogen) atoms. The predicted octanol–water partition coefficient (Wildman–Crippen LogP) is 3.98. The van der Waals surface area contributed by atoms with E-state index in [0.29, 0.717) is 5.22 Å². The molecule has 0 amide bonds. The lowest BCUT2D eigenvalue weighted by atomic mass is 10.0. The largest absolute Gasteiger partial charge is 0.453 e. The molecular formula is C16H15ClN2O. The van der Waals surface area contributed by atoms with E-state index in [9.17, 15) is 0 Å². The lowest BCUT2D eigenvalue weighted by Crippen LogP contribution is -2.19. The number of hydrogen-bond donors (Lipinski definition) is 1. The zero-order valence-corrected chi connectivity index (χ0v) is 11.9. The standard InChI is InChI=1S/C16H15ClN2O/c1-18-15(13-8-9-20-16(13)17)10-12-7-6-11-4-2-3-5-14(11)19-12/h2-9,15,18H,10H2,1H3. The van der Waals surface area contributed by atoms with Gasteiger partial charge >= 0.3 is 0 Å². The number of benzene rings is 1. The van der Waals surface area contributed by atoms with Gasteiger partial charge in [-0.15, -0.1) is 0 Å². The molecule has 2 heterocycles. The second kappa shape index (κ2) is 5.65. The van der Waals surface area contributed by atoms with Crippen molar-refractivity contribution >= 4 is 22.5 Å². The minimum Gasteiger partial charge on any atom is -0.453 e. The molecule has 1 atom stereocenters. The van der Waals surface area contributed by atoms with Crippen LogP contribution in [-0.2, 0) is 6.42 Å². The first-order valence-electron chi connectivity index (χ1n) is 6.53. The van der Waals surface area contributed by atoms with Crippen LogP contribution in [0.1, 0.15) is 17.3 Å². The van der Waals surface area contributed by atoms with E-state index in [1.54, 1.807) is 6.26 Å². The number of nitrogens with zero attached hydrogens (tertiary/aromatic N) is 1. The van der Waals surface area contributed by atoms with Crippen molar-refractivity contribution in [2.45, 2.75) is 12.5 Å². The van der Waals surface area contributed by atoms with E-state index >= 15 is 0 Å². The minimum atomic E-state index is 0.0925. The van der Waals surface area contributed by atoms with Crippen molar-refractivity contribution in [3.8, 4) is 0 Å². The number of halogens is 1. The highest BCUT2D eigenvalue weighted by Gasteiger charge is 2.16. The Morgan fingerprint density at radius 2 is 2.05 bits per heavy atom. The maximum Gasteiger partial charge on any atom is 0.197 e. The van der Waals surface area contributed by atoms with Crippen molar-refractivity contribution < 1.29 is 4.42 Å². The van der Waals surface area contributed by atoms with E-state index in [1.165, 1.54) is 0 Å². The van der Waals surface area contributed by atoms with Crippen LogP contribution in [0.5, 0.6) is 0 Å². The molecule has 0 saturated carbocycles. The maximum absolute atomic E-state index is 6.05. The summed E-state index contributed by atoms with van der Waals surface area (Å²) in [5, 5.41) is 4.84. The zero-order chi connectivity index (χ0) is 13.9. The summed E-state index contributed by atoms with van der Waals surface area (Å²) in [5.74, 6) is 0. The number of para-hydroxylation sites is 1. The van der Waals surface area contributed by atoms with Gasteiger partial charge in [0.15, 0.2) is 5.22 Å². The van der Waals surface area contributed by atoms with Gasteiger partial charge in [-0.05, 0) is 36.8 Å². The smallest absolute Gasteiger partial charge is 0.197 e. The first kappa shape index (κ1) is 13.2. The quantitative estimate of drug-likeness (QED) is 0.788. The average Bonchev–Trinajstić information content (AvgIpc) is 2.91. The maximum atomic E-state index is 6.05. The van der Waals surface area contributed by atoms with Crippen LogP contribution in [0.15, 0.2) is 53.1 Å². The highest BCUT2D eigenvalue weighted by molar-refractivity contribution is 6.29. The number of hydrogen-bond acceptors (Lipinski definition) is 3. The Hall–Kier alpha value is -1.84. The molecule has 1 unspecified atom stereocenters. The van der Waals surface area contributed by atoms with Crippen molar-refractivity contribution in [1.29, 1.82) is 0 Å². The van der Waals surface area contributed by atoms with E-state index in [2.05, 4.69) is 28.5 Å². The summed E-state index contributed by atoms with van der Waals surface area (Å²) in [6.45, 7) is 0. The van der Waals surface area contributed by atoms with Crippen LogP contribution in [0.4, 0.5) is 0 Å². The predicted molar refractivity (Wildman–Crippen MR) is 81.0 cm³/mol. The van der Waals surface area contributed by atoms with Gasteiger partial charge in [-0.25, -0.2) is 0 Å². The van der Waals surface area contributed by atoms with Gasteiger partial charge in [0.2, 0.25) is 0 Å². The second-order valence-corrected chi connectivity index (χ2v) is 5.03. The average molecular weight is 287 g/mol. The fourth-order valence-corrected chi connectivity index (χ4v) is 2.60. The molecule has 0 fully saturated rings. The Morgan fingerprint density at radius 3 is 2.80 bits per heavy atom. The number of likely N-dealkylation sites (N-methyl/N-ethyl adjacent to an activating group) is 1. The van der Waals surface area contributed by atoms with E-state index < -0.39 is 0 Å². The van der Waals surface area contributed by atoms with Crippen LogP contribution >= 0.6 is 11.6 Å². The molecule has 0 aliphatic rings. The topological polar surface area (TPSA) is 38.1 Å². The first-order chi connectivity index (χ1) is 9.78. The Bertz CT molecular complexity index is 723. The number of aromatic nitrogens is 1. The number of furan rings is 1. The highest BCUT2D eigenvalue weighted by Crippen LogP contribution is 2.26. The number of fused-ring (bicyclic) bond motifs is 1. The number of nitrogens with one attached hydrogen (secondary N) is 1. The molecule has 0 bridgehead atoms. The highest BCUT2D eigenvalue weighted by atomic mass is 35.5. The summed E-state index contributed by atoms with van der Waals surface area (Å²) in [6, 6.07) is 14.3. The molecule has 3 nitrogen and oxygen atoms in total. The Morgan fingerprint density at radius 1 is 1.20 bits per heavy atom. The fourth-order valence-electron chi connectivity index (χ4n) is 2.35. The van der Waals surface area contributed by atoms with Gasteiger partial charge in [-0.2, -0.15) is 0 Å². The Kier molecular flexibility index (Phi) is 3.72. The molecule has 1 N–H and O–H groups in total. The number of rotatable bonds is 4. The molecular weight excluding hydrogens is 272 g/mol. The lowest BCUT2D eigenvalue weighted by molar-refractivity contribution is 0.542. The molecule has 3 rings (SSSR count). The molecule has 0 saturated heterocycles. The summed E-state index contributed by atoms with van der Waals surface area (Å²) in [4.78, 5) is 4.69. The van der Waals surface area contributed by atoms with Crippen LogP contribution < -0.4 is 5.32 Å². The van der Waals surface area contributed by atoms with E-state index in [0.717, 1.165) is 28.6 Å². The molecule has 4 heteroatoms. The van der Waals surface area contributed by atoms with Crippen molar-refractivity contribution in [3.63, 3.8) is 0 Å². The molecule has 0 aliphatic carbocycles. The van der Waals surface area contributed by atoms with Gasteiger partial charge in [0, 0.05) is 29.1 Å². The second-order valence-electron chi connectivity index (χ2n) is 4.69. The van der Waals surface area contributed by atoms with Gasteiger partial charge in [-0.3, -0.25) is 4.98 Å². The van der Waals surface area contributed by atoms with E-state index in [-0.39, 0.29) is 6.04 Å². The Labute approximate surface area is 122 Å². The molecule has 3 aromatic rings. The number of pyridine rings is 1. The normalized spacial score (nSPS) is 12.7. The van der Waals surface area contributed by atoms with Gasteiger partial charge in [-0.1, -0.05) is 24.3 Å². The van der Waals surface area contributed by atoms with E-state index in [1.807, 2.05) is 31.3 Å². The van der Waals surface area contributed by atoms with Crippen molar-refractivity contribution in [2.75, 3.05) is 7.05 Å².